The van der Waals surface area contributed by atoms with Crippen molar-refractivity contribution in [2.24, 2.45) is 0 Å². The minimum atomic E-state index is 0.0359. The Morgan fingerprint density at radius 3 is 2.57 bits per heavy atom. The number of rotatable bonds is 4. The molecule has 0 fully saturated rings. The minimum absolute atomic E-state index is 0.0359. The number of para-hydroxylation sites is 1. The van der Waals surface area contributed by atoms with E-state index in [1.807, 2.05) is 42.5 Å². The van der Waals surface area contributed by atoms with E-state index in [0.717, 1.165) is 5.56 Å². The predicted molar refractivity (Wildman–Crippen MR) is 81.4 cm³/mol. The molecule has 0 saturated heterocycles. The largest absolute Gasteiger partial charge is 0.488 e. The van der Waals surface area contributed by atoms with Crippen LogP contribution in [0.3, 0.4) is 0 Å². The molecule has 2 aromatic carbocycles. The van der Waals surface area contributed by atoms with Gasteiger partial charge in [0, 0.05) is 10.6 Å². The van der Waals surface area contributed by atoms with Crippen LogP contribution in [0.2, 0.25) is 5.02 Å². The molecular weight excluding hydrogens is 284 g/mol. The summed E-state index contributed by atoms with van der Waals surface area (Å²) in [5.41, 5.74) is 1.67. The summed E-state index contributed by atoms with van der Waals surface area (Å²) in [6.45, 7) is 0.361. The molecule has 21 heavy (non-hydrogen) atoms. The van der Waals surface area contributed by atoms with Gasteiger partial charge in [-0.1, -0.05) is 41.9 Å². The fourth-order valence-corrected chi connectivity index (χ4v) is 1.98. The van der Waals surface area contributed by atoms with Crippen LogP contribution >= 0.6 is 11.6 Å². The Hall–Kier alpha value is -2.75. The second-order valence-electron chi connectivity index (χ2n) is 4.24. The molecule has 3 nitrogen and oxygen atoms in total. The smallest absolute Gasteiger partial charge is 0.130 e. The highest BCUT2D eigenvalue weighted by Crippen LogP contribution is 2.22. The molecule has 0 aliphatic heterocycles. The Labute approximate surface area is 128 Å². The van der Waals surface area contributed by atoms with Gasteiger partial charge in [0.25, 0.3) is 0 Å². The number of hydrogen-bond acceptors (Lipinski definition) is 3. The van der Waals surface area contributed by atoms with Gasteiger partial charge < -0.3 is 4.74 Å². The van der Waals surface area contributed by atoms with Crippen LogP contribution in [0.15, 0.2) is 54.1 Å². The molecule has 102 valence electrons. The van der Waals surface area contributed by atoms with Crippen molar-refractivity contribution in [1.82, 2.24) is 0 Å². The first-order valence-corrected chi connectivity index (χ1v) is 6.59. The van der Waals surface area contributed by atoms with Crippen LogP contribution in [0.1, 0.15) is 11.1 Å². The maximum Gasteiger partial charge on any atom is 0.130 e. The third kappa shape index (κ3) is 4.11. The van der Waals surface area contributed by atoms with Crippen molar-refractivity contribution in [3.63, 3.8) is 0 Å². The van der Waals surface area contributed by atoms with E-state index >= 15 is 0 Å². The van der Waals surface area contributed by atoms with Gasteiger partial charge in [0.2, 0.25) is 0 Å². The number of nitriles is 2. The lowest BCUT2D eigenvalue weighted by atomic mass is 10.1. The zero-order chi connectivity index (χ0) is 15.1. The molecule has 0 atom stereocenters. The first kappa shape index (κ1) is 14.7. The summed E-state index contributed by atoms with van der Waals surface area (Å²) in [5, 5.41) is 18.3. The van der Waals surface area contributed by atoms with Gasteiger partial charge in [-0.25, -0.2) is 0 Å². The van der Waals surface area contributed by atoms with Gasteiger partial charge in [-0.2, -0.15) is 10.5 Å². The average Bonchev–Trinajstić information content (AvgIpc) is 2.51. The van der Waals surface area contributed by atoms with Gasteiger partial charge in [0.15, 0.2) is 0 Å². The zero-order valence-corrected chi connectivity index (χ0v) is 11.8. The molecule has 4 heteroatoms. The Morgan fingerprint density at radius 1 is 1.10 bits per heavy atom. The predicted octanol–water partition coefficient (Wildman–Crippen LogP) is 4.35. The fraction of sp³-hybridized carbons (Fsp3) is 0.0588. The van der Waals surface area contributed by atoms with E-state index in [0.29, 0.717) is 22.9 Å². The van der Waals surface area contributed by atoms with Gasteiger partial charge in [-0.15, -0.1) is 0 Å². The molecule has 0 heterocycles. The van der Waals surface area contributed by atoms with Crippen LogP contribution in [0.25, 0.3) is 6.08 Å². The maximum absolute atomic E-state index is 8.82. The van der Waals surface area contributed by atoms with E-state index < -0.39 is 0 Å². The lowest BCUT2D eigenvalue weighted by Gasteiger charge is -2.09. The molecule has 0 aromatic heterocycles. The molecule has 0 aliphatic carbocycles. The number of halogens is 1. The summed E-state index contributed by atoms with van der Waals surface area (Å²) >= 11 is 5.93. The first-order valence-electron chi connectivity index (χ1n) is 6.21. The SMILES string of the molecule is N#CC(C#N)=Cc1ccccc1OCc1cccc(Cl)c1. The lowest BCUT2D eigenvalue weighted by molar-refractivity contribution is 0.305. The molecule has 0 amide bonds. The number of hydrogen-bond donors (Lipinski definition) is 0. The Morgan fingerprint density at radius 2 is 1.86 bits per heavy atom. The number of benzene rings is 2. The van der Waals surface area contributed by atoms with Crippen molar-refractivity contribution in [3.05, 3.63) is 70.3 Å². The Bertz CT molecular complexity index is 738. The van der Waals surface area contributed by atoms with Gasteiger partial charge in [-0.3, -0.25) is 0 Å². The van der Waals surface area contributed by atoms with Crippen molar-refractivity contribution in [2.75, 3.05) is 0 Å². The van der Waals surface area contributed by atoms with E-state index in [9.17, 15) is 0 Å². The molecule has 0 bridgehead atoms. The highest BCUT2D eigenvalue weighted by atomic mass is 35.5. The highest BCUT2D eigenvalue weighted by molar-refractivity contribution is 6.30. The van der Waals surface area contributed by atoms with Crippen LogP contribution in [0.5, 0.6) is 5.75 Å². The number of allylic oxidation sites excluding steroid dienone is 1. The average molecular weight is 295 g/mol. The summed E-state index contributed by atoms with van der Waals surface area (Å²) in [7, 11) is 0. The van der Waals surface area contributed by atoms with Crippen LogP contribution in [-0.4, -0.2) is 0 Å². The molecule has 0 N–H and O–H groups in total. The second-order valence-corrected chi connectivity index (χ2v) is 4.67. The van der Waals surface area contributed by atoms with Crippen LogP contribution < -0.4 is 4.74 Å². The molecular formula is C17H11ClN2O. The van der Waals surface area contributed by atoms with Crippen molar-refractivity contribution < 1.29 is 4.74 Å². The van der Waals surface area contributed by atoms with E-state index in [-0.39, 0.29) is 5.57 Å². The van der Waals surface area contributed by atoms with Gasteiger partial charge >= 0.3 is 0 Å². The molecule has 0 radical (unpaired) electrons. The molecule has 0 saturated carbocycles. The molecule has 2 rings (SSSR count). The summed E-state index contributed by atoms with van der Waals surface area (Å²) < 4.78 is 5.75. The molecule has 0 spiro atoms. The van der Waals surface area contributed by atoms with Gasteiger partial charge in [0.1, 0.15) is 30.1 Å². The van der Waals surface area contributed by atoms with Crippen LogP contribution in [0, 0.1) is 22.7 Å². The quantitative estimate of drug-likeness (QED) is 0.788. The fourth-order valence-electron chi connectivity index (χ4n) is 1.76. The number of ether oxygens (including phenoxy) is 1. The topological polar surface area (TPSA) is 56.8 Å². The number of nitrogens with zero attached hydrogens (tertiary/aromatic N) is 2. The van der Waals surface area contributed by atoms with E-state index in [1.165, 1.54) is 6.08 Å². The Balaban J connectivity index is 2.20. The van der Waals surface area contributed by atoms with Crippen molar-refractivity contribution >= 4 is 17.7 Å². The highest BCUT2D eigenvalue weighted by Gasteiger charge is 2.03. The minimum Gasteiger partial charge on any atom is -0.488 e. The van der Waals surface area contributed by atoms with E-state index in [1.54, 1.807) is 18.2 Å². The van der Waals surface area contributed by atoms with Crippen LogP contribution in [0.4, 0.5) is 0 Å². The lowest BCUT2D eigenvalue weighted by Crippen LogP contribution is -1.97. The van der Waals surface area contributed by atoms with Crippen LogP contribution in [-0.2, 0) is 6.61 Å². The monoisotopic (exact) mass is 294 g/mol. The summed E-state index contributed by atoms with van der Waals surface area (Å²) in [5.74, 6) is 0.612. The zero-order valence-electron chi connectivity index (χ0n) is 11.1. The standard InChI is InChI=1S/C17H11ClN2O/c18-16-6-3-4-13(9-16)12-21-17-7-2-1-5-15(17)8-14(10-19)11-20/h1-9H,12H2. The molecule has 0 unspecified atom stereocenters. The maximum atomic E-state index is 8.82. The Kier molecular flexibility index (Phi) is 4.99. The normalized spacial score (nSPS) is 9.29. The van der Waals surface area contributed by atoms with E-state index in [2.05, 4.69) is 0 Å². The van der Waals surface area contributed by atoms with E-state index in [4.69, 9.17) is 26.9 Å². The summed E-state index contributed by atoms with van der Waals surface area (Å²) in [4.78, 5) is 0. The van der Waals surface area contributed by atoms with Gasteiger partial charge in [0.05, 0.1) is 0 Å². The third-order valence-corrected chi connectivity index (χ3v) is 2.98. The van der Waals surface area contributed by atoms with Gasteiger partial charge in [-0.05, 0) is 29.8 Å². The molecule has 0 aliphatic rings. The third-order valence-electron chi connectivity index (χ3n) is 2.74. The molecule has 2 aromatic rings. The van der Waals surface area contributed by atoms with Crippen molar-refractivity contribution in [3.8, 4) is 17.9 Å². The summed E-state index contributed by atoms with van der Waals surface area (Å²) in [6, 6.07) is 18.3. The second kappa shape index (κ2) is 7.14. The summed E-state index contributed by atoms with van der Waals surface area (Å²) in [6.07, 6.45) is 1.51. The first-order chi connectivity index (χ1) is 10.2. The van der Waals surface area contributed by atoms with Crippen molar-refractivity contribution in [1.29, 1.82) is 10.5 Å². The van der Waals surface area contributed by atoms with Crippen molar-refractivity contribution in [2.45, 2.75) is 6.61 Å².